The molecule has 0 fully saturated rings. The van der Waals surface area contributed by atoms with Gasteiger partial charge in [0.1, 0.15) is 12.4 Å². The molecule has 0 aromatic heterocycles. The number of hydrogen-bond acceptors (Lipinski definition) is 3. The van der Waals surface area contributed by atoms with Crippen LogP contribution >= 0.6 is 0 Å². The number of ether oxygens (including phenoxy) is 1. The molecule has 0 saturated heterocycles. The molecule has 0 spiro atoms. The summed E-state index contributed by atoms with van der Waals surface area (Å²) >= 11 is 0. The molecule has 0 aliphatic heterocycles. The maximum Gasteiger partial charge on any atom is 0.335 e. The first-order valence-electron chi connectivity index (χ1n) is 15.5. The maximum atomic E-state index is 11.6. The van der Waals surface area contributed by atoms with Crippen molar-refractivity contribution < 1.29 is 24.5 Å². The van der Waals surface area contributed by atoms with Gasteiger partial charge in [-0.2, -0.15) is 0 Å². The van der Waals surface area contributed by atoms with E-state index in [9.17, 15) is 14.7 Å². The molecule has 5 nitrogen and oxygen atoms in total. The highest BCUT2D eigenvalue weighted by atomic mass is 16.5. The van der Waals surface area contributed by atoms with Gasteiger partial charge >= 0.3 is 11.9 Å². The van der Waals surface area contributed by atoms with E-state index in [0.29, 0.717) is 30.4 Å². The molecular formula is C37H46O5. The number of carboxylic acids is 2. The fourth-order valence-corrected chi connectivity index (χ4v) is 6.36. The van der Waals surface area contributed by atoms with Gasteiger partial charge in [0.05, 0.1) is 5.56 Å². The lowest BCUT2D eigenvalue weighted by atomic mass is 9.72. The largest absolute Gasteiger partial charge is 0.489 e. The molecule has 2 atom stereocenters. The molecule has 1 aliphatic carbocycles. The summed E-state index contributed by atoms with van der Waals surface area (Å²) in [4.78, 5) is 22.6. The number of carboxylic acid groups (broad SMARTS) is 2. The van der Waals surface area contributed by atoms with Gasteiger partial charge in [0.2, 0.25) is 0 Å². The number of hydrogen-bond donors (Lipinski definition) is 2. The number of unbranched alkanes of at least 4 members (excludes halogenated alkanes) is 2. The van der Waals surface area contributed by atoms with Crippen LogP contribution in [-0.4, -0.2) is 22.2 Å². The number of aliphatic carboxylic acids is 1. The van der Waals surface area contributed by atoms with Crippen LogP contribution in [0.4, 0.5) is 0 Å². The molecule has 2 N–H and O–H groups in total. The lowest BCUT2D eigenvalue weighted by molar-refractivity contribution is -0.137. The van der Waals surface area contributed by atoms with Crippen molar-refractivity contribution in [3.63, 3.8) is 0 Å². The molecule has 5 heteroatoms. The fraction of sp³-hybridized carbons (Fsp3) is 0.459. The number of rotatable bonds is 14. The molecule has 0 heterocycles. The molecule has 0 bridgehead atoms. The Morgan fingerprint density at radius 1 is 0.929 bits per heavy atom. The van der Waals surface area contributed by atoms with Crippen LogP contribution < -0.4 is 4.74 Å². The monoisotopic (exact) mass is 570 g/mol. The third kappa shape index (κ3) is 8.70. The molecule has 1 aliphatic rings. The van der Waals surface area contributed by atoms with Gasteiger partial charge < -0.3 is 14.9 Å². The van der Waals surface area contributed by atoms with Gasteiger partial charge in [-0.3, -0.25) is 4.79 Å². The van der Waals surface area contributed by atoms with Crippen molar-refractivity contribution >= 4 is 11.9 Å². The smallest absolute Gasteiger partial charge is 0.335 e. The SMILES string of the molecule is CC(C)(C)c1cccc(COc2ccccc2CCC(CCCCCC(=O)O)C2CCCc3cc(C(=O)O)ccc32)c1. The van der Waals surface area contributed by atoms with Crippen LogP contribution in [0.25, 0.3) is 0 Å². The molecule has 2 unspecified atom stereocenters. The second-order valence-electron chi connectivity index (χ2n) is 12.9. The van der Waals surface area contributed by atoms with E-state index in [2.05, 4.69) is 63.2 Å². The number of fused-ring (bicyclic) bond motifs is 1. The standard InChI is InChI=1S/C37H46O5/c1-37(2,3)31-15-9-11-26(23-31)25-42-34-17-8-7-13-28(34)20-19-27(12-5-4-6-18-35(38)39)32-16-10-14-29-24-30(36(40)41)21-22-33(29)32/h7-9,11,13,15,17,21-24,27,32H,4-6,10,12,14,16,18-20,25H2,1-3H3,(H,38,39)(H,40,41). The Morgan fingerprint density at radius 2 is 1.74 bits per heavy atom. The third-order valence-electron chi connectivity index (χ3n) is 8.73. The van der Waals surface area contributed by atoms with Crippen LogP contribution in [-0.2, 0) is 29.7 Å². The summed E-state index contributed by atoms with van der Waals surface area (Å²) in [7, 11) is 0. The normalized spacial score (nSPS) is 15.5. The van der Waals surface area contributed by atoms with Crippen LogP contribution in [0.5, 0.6) is 5.75 Å². The summed E-state index contributed by atoms with van der Waals surface area (Å²) in [6, 6.07) is 22.6. The number of benzene rings is 3. The van der Waals surface area contributed by atoms with Gasteiger partial charge in [0, 0.05) is 6.42 Å². The quantitative estimate of drug-likeness (QED) is 0.189. The minimum absolute atomic E-state index is 0.0868. The molecule has 0 radical (unpaired) electrons. The summed E-state index contributed by atoms with van der Waals surface area (Å²) < 4.78 is 6.38. The number of para-hydroxylation sites is 1. The van der Waals surface area contributed by atoms with Crippen LogP contribution in [0.15, 0.2) is 66.7 Å². The van der Waals surface area contributed by atoms with Crippen LogP contribution in [0.3, 0.4) is 0 Å². The maximum absolute atomic E-state index is 11.6. The predicted molar refractivity (Wildman–Crippen MR) is 168 cm³/mol. The van der Waals surface area contributed by atoms with Gasteiger partial charge in [0.25, 0.3) is 0 Å². The summed E-state index contributed by atoms with van der Waals surface area (Å²) in [6.07, 6.45) is 8.85. The number of aromatic carboxylic acids is 1. The van der Waals surface area contributed by atoms with Crippen molar-refractivity contribution in [2.24, 2.45) is 5.92 Å². The zero-order valence-corrected chi connectivity index (χ0v) is 25.4. The molecule has 4 rings (SSSR count). The van der Waals surface area contributed by atoms with Gasteiger partial charge in [-0.25, -0.2) is 4.79 Å². The van der Waals surface area contributed by atoms with E-state index in [1.807, 2.05) is 18.2 Å². The minimum atomic E-state index is -0.878. The Kier molecular flexibility index (Phi) is 10.8. The first kappa shape index (κ1) is 31.3. The topological polar surface area (TPSA) is 83.8 Å². The number of aryl methyl sites for hydroxylation is 2. The highest BCUT2D eigenvalue weighted by Gasteiger charge is 2.28. The second kappa shape index (κ2) is 14.5. The summed E-state index contributed by atoms with van der Waals surface area (Å²) in [5.41, 5.74) is 6.58. The Labute approximate surface area is 250 Å². The molecule has 3 aromatic carbocycles. The van der Waals surface area contributed by atoms with E-state index in [-0.39, 0.29) is 11.8 Å². The second-order valence-corrected chi connectivity index (χ2v) is 12.9. The van der Waals surface area contributed by atoms with Gasteiger partial charge in [-0.15, -0.1) is 0 Å². The average Bonchev–Trinajstić information content (AvgIpc) is 2.97. The lowest BCUT2D eigenvalue weighted by Crippen LogP contribution is -2.20. The molecule has 0 amide bonds. The van der Waals surface area contributed by atoms with E-state index in [1.54, 1.807) is 6.07 Å². The minimum Gasteiger partial charge on any atom is -0.489 e. The third-order valence-corrected chi connectivity index (χ3v) is 8.73. The van der Waals surface area contributed by atoms with Gasteiger partial charge in [0.15, 0.2) is 0 Å². The highest BCUT2D eigenvalue weighted by molar-refractivity contribution is 5.88. The van der Waals surface area contributed by atoms with Crippen molar-refractivity contribution in [2.75, 3.05) is 0 Å². The average molecular weight is 571 g/mol. The Balaban J connectivity index is 1.48. The molecular weight excluding hydrogens is 524 g/mol. The van der Waals surface area contributed by atoms with Crippen molar-refractivity contribution in [1.82, 2.24) is 0 Å². The summed E-state index contributed by atoms with van der Waals surface area (Å²) in [5, 5.41) is 18.6. The van der Waals surface area contributed by atoms with Gasteiger partial charge in [-0.05, 0) is 108 Å². The van der Waals surface area contributed by atoms with E-state index >= 15 is 0 Å². The Bertz CT molecular complexity index is 1350. The van der Waals surface area contributed by atoms with Crippen molar-refractivity contribution in [2.45, 2.75) is 103 Å². The highest BCUT2D eigenvalue weighted by Crippen LogP contribution is 2.42. The molecule has 224 valence electrons. The first-order chi connectivity index (χ1) is 20.1. The van der Waals surface area contributed by atoms with E-state index < -0.39 is 11.9 Å². The molecule has 42 heavy (non-hydrogen) atoms. The predicted octanol–water partition coefficient (Wildman–Crippen LogP) is 8.97. The Morgan fingerprint density at radius 3 is 2.50 bits per heavy atom. The number of carbonyl (C=O) groups is 2. The molecule has 3 aromatic rings. The first-order valence-corrected chi connectivity index (χ1v) is 15.5. The lowest BCUT2D eigenvalue weighted by Gasteiger charge is -2.33. The van der Waals surface area contributed by atoms with Crippen LogP contribution in [0, 0.1) is 5.92 Å². The van der Waals surface area contributed by atoms with Crippen LogP contribution in [0.1, 0.15) is 116 Å². The zero-order chi connectivity index (χ0) is 30.1. The van der Waals surface area contributed by atoms with Crippen molar-refractivity contribution in [3.8, 4) is 5.75 Å². The van der Waals surface area contributed by atoms with E-state index in [4.69, 9.17) is 9.84 Å². The van der Waals surface area contributed by atoms with Gasteiger partial charge in [-0.1, -0.05) is 82.1 Å². The summed E-state index contributed by atoms with van der Waals surface area (Å²) in [5.74, 6) is 0.125. The molecule has 0 saturated carbocycles. The van der Waals surface area contributed by atoms with Crippen molar-refractivity contribution in [1.29, 1.82) is 0 Å². The van der Waals surface area contributed by atoms with E-state index in [1.165, 1.54) is 22.3 Å². The Hall–Kier alpha value is -3.60. The van der Waals surface area contributed by atoms with Crippen molar-refractivity contribution in [3.05, 3.63) is 100 Å². The summed E-state index contributed by atoms with van der Waals surface area (Å²) in [6.45, 7) is 7.19. The zero-order valence-electron chi connectivity index (χ0n) is 25.4. The van der Waals surface area contributed by atoms with Crippen LogP contribution in [0.2, 0.25) is 0 Å². The van der Waals surface area contributed by atoms with E-state index in [0.717, 1.165) is 62.7 Å². The fourth-order valence-electron chi connectivity index (χ4n) is 6.36.